The molecule has 10 nitrogen and oxygen atoms in total. The average molecular weight is 587 g/mol. The minimum absolute atomic E-state index is 0. The number of likely N-dealkylation sites (N-methyl/N-ethyl adjacent to an activating group) is 1. The van der Waals surface area contributed by atoms with Gasteiger partial charge in [-0.05, 0) is 70.0 Å². The fourth-order valence-corrected chi connectivity index (χ4v) is 7.02. The lowest BCUT2D eigenvalue weighted by atomic mass is 9.92. The number of pyridine rings is 2. The number of hydrogen-bond donors (Lipinski definition) is 1. The van der Waals surface area contributed by atoms with Gasteiger partial charge in [0, 0.05) is 49.4 Å². The molecule has 2 aliphatic heterocycles. The van der Waals surface area contributed by atoms with E-state index in [0.29, 0.717) is 25.4 Å². The van der Waals surface area contributed by atoms with E-state index in [1.54, 1.807) is 23.4 Å². The first-order valence-electron chi connectivity index (χ1n) is 13.5. The zero-order valence-electron chi connectivity index (χ0n) is 23.0. The van der Waals surface area contributed by atoms with Crippen LogP contribution in [-0.4, -0.2) is 80.9 Å². The highest BCUT2D eigenvalue weighted by molar-refractivity contribution is 7.90. The van der Waals surface area contributed by atoms with Gasteiger partial charge in [0.05, 0.1) is 29.4 Å². The van der Waals surface area contributed by atoms with E-state index in [-0.39, 0.29) is 24.2 Å². The number of aromatic nitrogens is 2. The highest BCUT2D eigenvalue weighted by Gasteiger charge is 2.59. The largest absolute Gasteiger partial charge is 0.476 e. The lowest BCUT2D eigenvalue weighted by molar-refractivity contribution is -0.119. The Labute approximate surface area is 241 Å². The smallest absolute Gasteiger partial charge is 0.301 e. The van der Waals surface area contributed by atoms with Gasteiger partial charge in [-0.3, -0.25) is 14.5 Å². The van der Waals surface area contributed by atoms with Gasteiger partial charge in [0.2, 0.25) is 11.8 Å². The minimum atomic E-state index is -3.74. The van der Waals surface area contributed by atoms with Crippen LogP contribution in [0.25, 0.3) is 22.0 Å². The number of hydrogen-bond acceptors (Lipinski definition) is 7. The van der Waals surface area contributed by atoms with E-state index in [1.807, 2.05) is 39.3 Å². The van der Waals surface area contributed by atoms with Crippen molar-refractivity contribution in [1.82, 2.24) is 19.2 Å². The molecule has 1 saturated carbocycles. The number of fused-ring (bicyclic) bond motifs is 4. The third kappa shape index (κ3) is 5.00. The third-order valence-corrected chi connectivity index (χ3v) is 9.49. The van der Waals surface area contributed by atoms with Crippen LogP contribution < -0.4 is 14.4 Å². The zero-order valence-corrected chi connectivity index (χ0v) is 24.6. The molecule has 12 heteroatoms. The molecule has 1 saturated heterocycles. The van der Waals surface area contributed by atoms with E-state index in [0.717, 1.165) is 71.9 Å². The summed E-state index contributed by atoms with van der Waals surface area (Å²) in [5, 5.41) is 0.948. The number of halogens is 1. The Hall–Kier alpha value is -2.99. The van der Waals surface area contributed by atoms with Gasteiger partial charge in [-0.15, -0.1) is 12.4 Å². The van der Waals surface area contributed by atoms with E-state index in [9.17, 15) is 13.2 Å². The van der Waals surface area contributed by atoms with Crippen molar-refractivity contribution in [2.75, 3.05) is 57.0 Å². The predicted octanol–water partition coefficient (Wildman–Crippen LogP) is 3.81. The number of carbonyl (C=O) groups excluding carboxylic acids is 1. The van der Waals surface area contributed by atoms with E-state index in [1.165, 1.54) is 4.31 Å². The summed E-state index contributed by atoms with van der Waals surface area (Å²) in [4.78, 5) is 26.0. The van der Waals surface area contributed by atoms with E-state index in [2.05, 4.69) is 19.6 Å². The number of rotatable bonds is 9. The van der Waals surface area contributed by atoms with E-state index >= 15 is 0 Å². The Morgan fingerprint density at radius 3 is 2.52 bits per heavy atom. The summed E-state index contributed by atoms with van der Waals surface area (Å²) in [7, 11) is 2.06. The Kier molecular flexibility index (Phi) is 7.68. The molecule has 1 aromatic carbocycles. The predicted molar refractivity (Wildman–Crippen MR) is 159 cm³/mol. The fraction of sp³-hybridized carbons (Fsp3) is 0.464. The average Bonchev–Trinajstić information content (AvgIpc) is 3.44. The molecule has 0 bridgehead atoms. The van der Waals surface area contributed by atoms with Crippen LogP contribution in [0.3, 0.4) is 0 Å². The maximum Gasteiger partial charge on any atom is 0.301 e. The van der Waals surface area contributed by atoms with E-state index in [4.69, 9.17) is 4.74 Å². The molecule has 2 aromatic heterocycles. The van der Waals surface area contributed by atoms with Gasteiger partial charge in [0.1, 0.15) is 5.69 Å². The lowest BCUT2D eigenvalue weighted by Crippen LogP contribution is -2.33. The summed E-state index contributed by atoms with van der Waals surface area (Å²) >= 11 is 0. The number of ether oxygens (including phenoxy) is 1. The monoisotopic (exact) mass is 586 g/mol. The highest BCUT2D eigenvalue weighted by atomic mass is 35.5. The van der Waals surface area contributed by atoms with Gasteiger partial charge in [0.15, 0.2) is 0 Å². The SMILES string of the molecule is CN(C)CCCOc1ncc(-c2ccc3ncc4c(c3c2)C2(CC2)C(=O)N4C)cc1NS(=O)(=O)N1CCCC1.Cl. The molecule has 1 N–H and O–H groups in total. The third-order valence-electron chi connectivity index (χ3n) is 7.97. The van der Waals surface area contributed by atoms with Crippen LogP contribution in [0, 0.1) is 0 Å². The normalized spacial score (nSPS) is 17.9. The summed E-state index contributed by atoms with van der Waals surface area (Å²) < 4.78 is 36.4. The molecule has 2 fully saturated rings. The zero-order chi connectivity index (χ0) is 27.4. The summed E-state index contributed by atoms with van der Waals surface area (Å²) in [6.45, 7) is 2.26. The van der Waals surface area contributed by atoms with Crippen molar-refractivity contribution >= 4 is 50.8 Å². The van der Waals surface area contributed by atoms with Crippen molar-refractivity contribution in [3.8, 4) is 17.0 Å². The summed E-state index contributed by atoms with van der Waals surface area (Å²) in [6.07, 6.45) is 7.66. The second-order valence-electron chi connectivity index (χ2n) is 11.0. The molecule has 1 spiro atoms. The maximum atomic E-state index is 13.1. The van der Waals surface area contributed by atoms with Gasteiger partial charge in [0.25, 0.3) is 0 Å². The molecule has 4 heterocycles. The van der Waals surface area contributed by atoms with Gasteiger partial charge in [-0.25, -0.2) is 4.98 Å². The number of nitrogens with one attached hydrogen (secondary N) is 1. The van der Waals surface area contributed by atoms with Crippen LogP contribution in [-0.2, 0) is 20.4 Å². The van der Waals surface area contributed by atoms with E-state index < -0.39 is 15.6 Å². The second kappa shape index (κ2) is 10.8. The number of amides is 1. The molecular formula is C28H35ClN6O4S. The quantitative estimate of drug-likeness (QED) is 0.380. The van der Waals surface area contributed by atoms with Crippen molar-refractivity contribution in [3.63, 3.8) is 0 Å². The molecule has 3 aliphatic rings. The van der Waals surface area contributed by atoms with Crippen LogP contribution in [0.4, 0.5) is 11.4 Å². The van der Waals surface area contributed by atoms with Gasteiger partial charge in [-0.1, -0.05) is 6.07 Å². The van der Waals surface area contributed by atoms with Crippen LogP contribution >= 0.6 is 12.4 Å². The summed E-state index contributed by atoms with van der Waals surface area (Å²) in [5.41, 5.74) is 4.22. The number of nitrogens with zero attached hydrogens (tertiary/aromatic N) is 5. The van der Waals surface area contributed by atoms with Crippen molar-refractivity contribution in [3.05, 3.63) is 42.2 Å². The molecule has 40 heavy (non-hydrogen) atoms. The maximum absolute atomic E-state index is 13.1. The van der Waals surface area contributed by atoms with Gasteiger partial charge in [-0.2, -0.15) is 12.7 Å². The van der Waals surface area contributed by atoms with Crippen LogP contribution in [0.5, 0.6) is 5.88 Å². The molecule has 0 atom stereocenters. The molecule has 3 aromatic rings. The standard InChI is InChI=1S/C28H34N6O4S.ClH/c1-32(2)11-6-14-38-26-23(31-39(36,37)34-12-4-5-13-34)16-20(17-30-26)19-7-8-22-21(15-19)25-24(18-29-22)33(3)27(35)28(25)9-10-28;/h7-8,15-18,31H,4-6,9-14H2,1-3H3;1H. The lowest BCUT2D eigenvalue weighted by Gasteiger charge is -2.19. The number of carbonyl (C=O) groups is 1. The minimum Gasteiger partial charge on any atom is -0.476 e. The van der Waals surface area contributed by atoms with Crippen LogP contribution in [0.15, 0.2) is 36.7 Å². The first-order chi connectivity index (χ1) is 18.7. The molecule has 1 amide bonds. The molecule has 0 unspecified atom stereocenters. The summed E-state index contributed by atoms with van der Waals surface area (Å²) in [5.74, 6) is 0.390. The summed E-state index contributed by atoms with van der Waals surface area (Å²) in [6, 6.07) is 7.73. The van der Waals surface area contributed by atoms with Gasteiger partial charge >= 0.3 is 10.2 Å². The fourth-order valence-electron chi connectivity index (χ4n) is 5.72. The molecule has 1 aliphatic carbocycles. The Morgan fingerprint density at radius 1 is 1.07 bits per heavy atom. The molecule has 214 valence electrons. The van der Waals surface area contributed by atoms with Crippen molar-refractivity contribution in [2.45, 2.75) is 37.5 Å². The Morgan fingerprint density at radius 2 is 1.82 bits per heavy atom. The topological polar surface area (TPSA) is 108 Å². The molecule has 6 rings (SSSR count). The van der Waals surface area contributed by atoms with Crippen LogP contribution in [0.2, 0.25) is 0 Å². The second-order valence-corrected chi connectivity index (χ2v) is 12.7. The first-order valence-corrected chi connectivity index (χ1v) is 14.9. The van der Waals surface area contributed by atoms with Crippen molar-refractivity contribution < 1.29 is 17.9 Å². The van der Waals surface area contributed by atoms with Gasteiger partial charge < -0.3 is 14.5 Å². The first kappa shape index (κ1) is 28.5. The Bertz CT molecular complexity index is 1550. The number of benzene rings is 1. The van der Waals surface area contributed by atoms with Crippen LogP contribution in [0.1, 0.15) is 37.7 Å². The van der Waals surface area contributed by atoms with Crippen molar-refractivity contribution in [2.24, 2.45) is 0 Å². The molecule has 0 radical (unpaired) electrons. The van der Waals surface area contributed by atoms with Crippen molar-refractivity contribution in [1.29, 1.82) is 0 Å². The molecular weight excluding hydrogens is 552 g/mol. The Balaban J connectivity index is 0.00000323. The number of anilines is 2. The highest BCUT2D eigenvalue weighted by Crippen LogP contribution is 2.58.